The van der Waals surface area contributed by atoms with Crippen molar-refractivity contribution in [1.29, 1.82) is 0 Å². The number of amides is 2. The highest BCUT2D eigenvalue weighted by Crippen LogP contribution is 2.29. The molecule has 0 aliphatic carbocycles. The molecule has 4 rings (SSSR count). The first-order chi connectivity index (χ1) is 15.5. The summed E-state index contributed by atoms with van der Waals surface area (Å²) < 4.78 is 0.761. The fraction of sp³-hybridized carbons (Fsp3) is 0.304. The van der Waals surface area contributed by atoms with Gasteiger partial charge in [0.25, 0.3) is 5.91 Å². The smallest absolute Gasteiger partial charge is 0.253 e. The number of para-hydroxylation sites is 1. The molecule has 9 heteroatoms. The maximum atomic E-state index is 12.8. The highest BCUT2D eigenvalue weighted by molar-refractivity contribution is 8.01. The molecule has 3 aromatic rings. The third kappa shape index (κ3) is 5.46. The van der Waals surface area contributed by atoms with Crippen molar-refractivity contribution in [2.45, 2.75) is 18.2 Å². The summed E-state index contributed by atoms with van der Waals surface area (Å²) in [5.41, 5.74) is 3.84. The summed E-state index contributed by atoms with van der Waals surface area (Å²) in [4.78, 5) is 29.0. The largest absolute Gasteiger partial charge is 0.343 e. The number of aryl methyl sites for hydroxylation is 2. The van der Waals surface area contributed by atoms with Gasteiger partial charge in [0.15, 0.2) is 4.34 Å². The summed E-state index contributed by atoms with van der Waals surface area (Å²) in [6.45, 7) is 6.79. The molecule has 2 heterocycles. The van der Waals surface area contributed by atoms with Crippen LogP contribution in [-0.2, 0) is 4.79 Å². The molecule has 2 aromatic carbocycles. The zero-order valence-corrected chi connectivity index (χ0v) is 19.7. The van der Waals surface area contributed by atoms with Crippen LogP contribution in [-0.4, -0.2) is 58.8 Å². The Bertz CT molecular complexity index is 1090. The molecule has 0 spiro atoms. The maximum Gasteiger partial charge on any atom is 0.253 e. The Morgan fingerprint density at radius 3 is 2.47 bits per heavy atom. The van der Waals surface area contributed by atoms with Crippen LogP contribution in [0.5, 0.6) is 0 Å². The molecule has 166 valence electrons. The Morgan fingerprint density at radius 2 is 1.75 bits per heavy atom. The van der Waals surface area contributed by atoms with Gasteiger partial charge >= 0.3 is 0 Å². The molecular weight excluding hydrogens is 442 g/mol. The molecule has 0 unspecified atom stereocenters. The molecule has 1 aliphatic heterocycles. The quantitative estimate of drug-likeness (QED) is 0.555. The van der Waals surface area contributed by atoms with Crippen LogP contribution in [0.1, 0.15) is 21.5 Å². The van der Waals surface area contributed by atoms with E-state index in [1.807, 2.05) is 67.3 Å². The zero-order valence-electron chi connectivity index (χ0n) is 18.1. The normalized spacial score (nSPS) is 13.8. The lowest BCUT2D eigenvalue weighted by molar-refractivity contribution is -0.113. The van der Waals surface area contributed by atoms with E-state index in [9.17, 15) is 9.59 Å². The molecule has 0 atom stereocenters. The van der Waals surface area contributed by atoms with Gasteiger partial charge in [-0.2, -0.15) is 0 Å². The molecule has 1 saturated heterocycles. The highest BCUT2D eigenvalue weighted by Gasteiger charge is 2.24. The van der Waals surface area contributed by atoms with Crippen molar-refractivity contribution in [2.75, 3.05) is 42.1 Å². The van der Waals surface area contributed by atoms with Gasteiger partial charge < -0.3 is 15.1 Å². The lowest BCUT2D eigenvalue weighted by Gasteiger charge is -2.34. The Kier molecular flexibility index (Phi) is 7.06. The fourth-order valence-corrected chi connectivity index (χ4v) is 5.08. The van der Waals surface area contributed by atoms with Crippen molar-refractivity contribution >= 4 is 45.7 Å². The minimum atomic E-state index is -0.0728. The molecule has 2 amide bonds. The maximum absolute atomic E-state index is 12.8. The number of benzene rings is 2. The van der Waals surface area contributed by atoms with Crippen molar-refractivity contribution in [3.8, 4) is 0 Å². The monoisotopic (exact) mass is 467 g/mol. The number of thioether (sulfide) groups is 1. The number of nitrogens with zero attached hydrogens (tertiary/aromatic N) is 4. The first-order valence-electron chi connectivity index (χ1n) is 10.4. The van der Waals surface area contributed by atoms with Gasteiger partial charge in [0, 0.05) is 37.4 Å². The fourth-order valence-electron chi connectivity index (χ4n) is 3.39. The second-order valence-electron chi connectivity index (χ2n) is 7.63. The molecule has 1 N–H and O–H groups in total. The zero-order chi connectivity index (χ0) is 22.5. The number of aromatic nitrogens is 2. The number of hydrogen-bond donors (Lipinski definition) is 1. The molecule has 0 saturated carbocycles. The third-order valence-electron chi connectivity index (χ3n) is 5.37. The standard InChI is InChI=1S/C23H25N5O2S2/c1-16-8-9-18(14-17(16)2)21(30)27-10-12-28(13-11-27)22-25-26-23(32-22)31-15-20(29)24-19-6-4-3-5-7-19/h3-9,14H,10-13,15H2,1-2H3,(H,24,29). The van der Waals surface area contributed by atoms with Crippen molar-refractivity contribution in [3.05, 3.63) is 65.2 Å². The summed E-state index contributed by atoms with van der Waals surface area (Å²) in [6, 6.07) is 15.3. The van der Waals surface area contributed by atoms with Gasteiger partial charge in [-0.1, -0.05) is 47.4 Å². The van der Waals surface area contributed by atoms with Crippen molar-refractivity contribution in [1.82, 2.24) is 15.1 Å². The number of rotatable bonds is 6. The van der Waals surface area contributed by atoms with Crippen LogP contribution in [0.15, 0.2) is 52.9 Å². The number of carbonyl (C=O) groups is 2. The number of piperazine rings is 1. The molecular formula is C23H25N5O2S2. The molecule has 7 nitrogen and oxygen atoms in total. The van der Waals surface area contributed by atoms with Gasteiger partial charge in [0.1, 0.15) is 0 Å². The molecule has 1 aliphatic rings. The van der Waals surface area contributed by atoms with Crippen LogP contribution in [0.4, 0.5) is 10.8 Å². The number of nitrogens with one attached hydrogen (secondary N) is 1. The second-order valence-corrected chi connectivity index (χ2v) is 9.81. The third-order valence-corrected chi connectivity index (χ3v) is 7.49. The molecule has 1 aromatic heterocycles. The van der Waals surface area contributed by atoms with Crippen LogP contribution in [0.3, 0.4) is 0 Å². The average Bonchev–Trinajstić information content (AvgIpc) is 3.29. The Balaban J connectivity index is 1.27. The Labute approximate surface area is 195 Å². The van der Waals surface area contributed by atoms with Gasteiger partial charge in [0.05, 0.1) is 5.75 Å². The molecule has 0 bridgehead atoms. The minimum absolute atomic E-state index is 0.0728. The average molecular weight is 468 g/mol. The Hall–Kier alpha value is -2.91. The van der Waals surface area contributed by atoms with E-state index in [1.54, 1.807) is 0 Å². The Morgan fingerprint density at radius 1 is 1.00 bits per heavy atom. The van der Waals surface area contributed by atoms with E-state index in [-0.39, 0.29) is 17.6 Å². The van der Waals surface area contributed by atoms with E-state index in [0.717, 1.165) is 26.3 Å². The number of hydrogen-bond acceptors (Lipinski definition) is 7. The van der Waals surface area contributed by atoms with Crippen LogP contribution < -0.4 is 10.2 Å². The van der Waals surface area contributed by atoms with Gasteiger partial charge in [-0.15, -0.1) is 10.2 Å². The van der Waals surface area contributed by atoms with Crippen LogP contribution in [0.2, 0.25) is 0 Å². The summed E-state index contributed by atoms with van der Waals surface area (Å²) in [7, 11) is 0. The molecule has 32 heavy (non-hydrogen) atoms. The van der Waals surface area contributed by atoms with Crippen molar-refractivity contribution in [3.63, 3.8) is 0 Å². The molecule has 0 radical (unpaired) electrons. The predicted octanol–water partition coefficient (Wildman–Crippen LogP) is 3.85. The van der Waals surface area contributed by atoms with E-state index in [4.69, 9.17) is 0 Å². The number of carbonyl (C=O) groups excluding carboxylic acids is 2. The topological polar surface area (TPSA) is 78.4 Å². The van der Waals surface area contributed by atoms with Crippen LogP contribution >= 0.6 is 23.1 Å². The van der Waals surface area contributed by atoms with E-state index in [0.29, 0.717) is 26.2 Å². The predicted molar refractivity (Wildman–Crippen MR) is 130 cm³/mol. The summed E-state index contributed by atoms with van der Waals surface area (Å²) in [6.07, 6.45) is 0. The summed E-state index contributed by atoms with van der Waals surface area (Å²) in [5.74, 6) is 0.281. The van der Waals surface area contributed by atoms with E-state index in [1.165, 1.54) is 28.7 Å². The lowest BCUT2D eigenvalue weighted by atomic mass is 10.1. The van der Waals surface area contributed by atoms with Crippen LogP contribution in [0.25, 0.3) is 0 Å². The number of anilines is 2. The van der Waals surface area contributed by atoms with Crippen LogP contribution in [0, 0.1) is 13.8 Å². The lowest BCUT2D eigenvalue weighted by Crippen LogP contribution is -2.48. The van der Waals surface area contributed by atoms with Gasteiger partial charge in [0.2, 0.25) is 11.0 Å². The van der Waals surface area contributed by atoms with Gasteiger partial charge in [-0.3, -0.25) is 9.59 Å². The molecule has 1 fully saturated rings. The highest BCUT2D eigenvalue weighted by atomic mass is 32.2. The van der Waals surface area contributed by atoms with Crippen molar-refractivity contribution < 1.29 is 9.59 Å². The first kappa shape index (κ1) is 22.3. The SMILES string of the molecule is Cc1ccc(C(=O)N2CCN(c3nnc(SCC(=O)Nc4ccccc4)s3)CC2)cc1C. The van der Waals surface area contributed by atoms with Crippen molar-refractivity contribution in [2.24, 2.45) is 0 Å². The van der Waals surface area contributed by atoms with Gasteiger partial charge in [-0.05, 0) is 49.2 Å². The van der Waals surface area contributed by atoms with E-state index >= 15 is 0 Å². The summed E-state index contributed by atoms with van der Waals surface area (Å²) >= 11 is 2.86. The van der Waals surface area contributed by atoms with E-state index < -0.39 is 0 Å². The second kappa shape index (κ2) is 10.1. The van der Waals surface area contributed by atoms with E-state index in [2.05, 4.69) is 20.4 Å². The summed E-state index contributed by atoms with van der Waals surface area (Å²) in [5, 5.41) is 12.2. The minimum Gasteiger partial charge on any atom is -0.343 e. The first-order valence-corrected chi connectivity index (χ1v) is 12.2. The van der Waals surface area contributed by atoms with Gasteiger partial charge in [-0.25, -0.2) is 0 Å².